The van der Waals surface area contributed by atoms with Crippen molar-refractivity contribution in [2.75, 3.05) is 11.1 Å². The standard InChI is InChI=1S/C16H19N3O2S2/c1-4-9-22-16-19-18-15(23-16)17-14(20)13(5-2)21-12-8-6-7-11(3)10-12/h4,6-8,10,13H,1,5,9H2,2-3H3,(H,17,18,20)/t13-/m1/s1. The van der Waals surface area contributed by atoms with Crippen LogP contribution in [0.3, 0.4) is 0 Å². The van der Waals surface area contributed by atoms with Crippen molar-refractivity contribution in [2.45, 2.75) is 30.7 Å². The molecule has 1 aromatic heterocycles. The van der Waals surface area contributed by atoms with Gasteiger partial charge in [-0.3, -0.25) is 10.1 Å². The predicted molar refractivity (Wildman–Crippen MR) is 95.3 cm³/mol. The number of nitrogens with zero attached hydrogens (tertiary/aromatic N) is 2. The molecular formula is C16H19N3O2S2. The molecule has 1 N–H and O–H groups in total. The zero-order valence-corrected chi connectivity index (χ0v) is 14.7. The van der Waals surface area contributed by atoms with Crippen LogP contribution in [-0.4, -0.2) is 28.0 Å². The Labute approximate surface area is 144 Å². The van der Waals surface area contributed by atoms with Crippen LogP contribution in [0, 0.1) is 6.92 Å². The Morgan fingerprint density at radius 3 is 3.04 bits per heavy atom. The molecule has 0 bridgehead atoms. The number of thioether (sulfide) groups is 1. The number of aryl methyl sites for hydroxylation is 1. The molecule has 0 aliphatic carbocycles. The lowest BCUT2D eigenvalue weighted by Crippen LogP contribution is -2.32. The van der Waals surface area contributed by atoms with Crippen LogP contribution in [0.15, 0.2) is 41.3 Å². The van der Waals surface area contributed by atoms with Crippen LogP contribution in [0.4, 0.5) is 5.13 Å². The van der Waals surface area contributed by atoms with Crippen molar-refractivity contribution in [1.29, 1.82) is 0 Å². The maximum atomic E-state index is 12.3. The first-order valence-corrected chi connectivity index (χ1v) is 9.04. The molecule has 5 nitrogen and oxygen atoms in total. The number of ether oxygens (including phenoxy) is 1. The summed E-state index contributed by atoms with van der Waals surface area (Å²) in [5.74, 6) is 1.23. The van der Waals surface area contributed by atoms with Gasteiger partial charge >= 0.3 is 0 Å². The molecule has 0 saturated heterocycles. The fourth-order valence-corrected chi connectivity index (χ4v) is 3.33. The lowest BCUT2D eigenvalue weighted by molar-refractivity contribution is -0.122. The number of amides is 1. The number of carbonyl (C=O) groups is 1. The highest BCUT2D eigenvalue weighted by molar-refractivity contribution is 8.01. The van der Waals surface area contributed by atoms with Gasteiger partial charge in [0.25, 0.3) is 5.91 Å². The first-order chi connectivity index (χ1) is 11.1. The van der Waals surface area contributed by atoms with E-state index in [1.165, 1.54) is 23.1 Å². The topological polar surface area (TPSA) is 64.1 Å². The summed E-state index contributed by atoms with van der Waals surface area (Å²) in [6.07, 6.45) is 1.80. The minimum atomic E-state index is -0.565. The number of benzene rings is 1. The third kappa shape index (κ3) is 5.37. The van der Waals surface area contributed by atoms with Gasteiger partial charge in [-0.1, -0.05) is 48.2 Å². The SMILES string of the molecule is C=CCSc1nnc(NC(=O)[C@@H](CC)Oc2cccc(C)c2)s1. The number of rotatable bonds is 8. The van der Waals surface area contributed by atoms with E-state index in [4.69, 9.17) is 4.74 Å². The Morgan fingerprint density at radius 2 is 2.35 bits per heavy atom. The number of carbonyl (C=O) groups excluding carboxylic acids is 1. The van der Waals surface area contributed by atoms with Crippen molar-refractivity contribution in [3.8, 4) is 5.75 Å². The van der Waals surface area contributed by atoms with E-state index in [9.17, 15) is 4.79 Å². The van der Waals surface area contributed by atoms with E-state index in [-0.39, 0.29) is 5.91 Å². The second-order valence-corrected chi connectivity index (χ2v) is 7.04. The van der Waals surface area contributed by atoms with Crippen molar-refractivity contribution in [3.05, 3.63) is 42.5 Å². The highest BCUT2D eigenvalue weighted by atomic mass is 32.2. The van der Waals surface area contributed by atoms with Crippen molar-refractivity contribution in [1.82, 2.24) is 10.2 Å². The normalized spacial score (nSPS) is 11.7. The lowest BCUT2D eigenvalue weighted by Gasteiger charge is -2.16. The van der Waals surface area contributed by atoms with Gasteiger partial charge in [-0.25, -0.2) is 0 Å². The van der Waals surface area contributed by atoms with E-state index >= 15 is 0 Å². The van der Waals surface area contributed by atoms with Gasteiger partial charge in [-0.2, -0.15) is 0 Å². The minimum absolute atomic E-state index is 0.217. The van der Waals surface area contributed by atoms with Crippen LogP contribution in [0.5, 0.6) is 5.75 Å². The Balaban J connectivity index is 1.96. The van der Waals surface area contributed by atoms with Crippen LogP contribution >= 0.6 is 23.1 Å². The summed E-state index contributed by atoms with van der Waals surface area (Å²) < 4.78 is 6.58. The molecule has 1 atom stereocenters. The number of hydrogen-bond acceptors (Lipinski definition) is 6. The zero-order valence-electron chi connectivity index (χ0n) is 13.1. The Hall–Kier alpha value is -1.86. The highest BCUT2D eigenvalue weighted by Crippen LogP contribution is 2.25. The predicted octanol–water partition coefficient (Wildman–Crippen LogP) is 3.92. The molecule has 1 amide bonds. The summed E-state index contributed by atoms with van der Waals surface area (Å²) in [5, 5.41) is 11.2. The quantitative estimate of drug-likeness (QED) is 0.444. The average Bonchev–Trinajstić information content (AvgIpc) is 2.98. The van der Waals surface area contributed by atoms with Gasteiger partial charge in [-0.15, -0.1) is 16.8 Å². The average molecular weight is 349 g/mol. The number of nitrogens with one attached hydrogen (secondary N) is 1. The van der Waals surface area contributed by atoms with E-state index in [1.807, 2.05) is 38.1 Å². The van der Waals surface area contributed by atoms with Gasteiger partial charge < -0.3 is 4.74 Å². The number of anilines is 1. The molecule has 122 valence electrons. The fourth-order valence-electron chi connectivity index (χ4n) is 1.81. The second-order valence-electron chi connectivity index (χ2n) is 4.79. The molecule has 0 aliphatic rings. The van der Waals surface area contributed by atoms with Crippen LogP contribution < -0.4 is 10.1 Å². The van der Waals surface area contributed by atoms with E-state index in [0.717, 1.165) is 15.7 Å². The summed E-state index contributed by atoms with van der Waals surface area (Å²) >= 11 is 2.87. The van der Waals surface area contributed by atoms with Gasteiger partial charge in [0.05, 0.1) is 0 Å². The molecule has 1 heterocycles. The van der Waals surface area contributed by atoms with Gasteiger partial charge in [0, 0.05) is 5.75 Å². The number of aromatic nitrogens is 2. The van der Waals surface area contributed by atoms with Crippen LogP contribution in [0.2, 0.25) is 0 Å². The largest absolute Gasteiger partial charge is 0.481 e. The maximum Gasteiger partial charge on any atom is 0.267 e. The molecule has 1 aromatic carbocycles. The van der Waals surface area contributed by atoms with Crippen molar-refractivity contribution < 1.29 is 9.53 Å². The lowest BCUT2D eigenvalue weighted by atomic mass is 10.2. The maximum absolute atomic E-state index is 12.3. The summed E-state index contributed by atoms with van der Waals surface area (Å²) in [5.41, 5.74) is 1.09. The third-order valence-electron chi connectivity index (χ3n) is 2.89. The molecule has 0 spiro atoms. The molecule has 0 radical (unpaired) electrons. The zero-order chi connectivity index (χ0) is 16.7. The summed E-state index contributed by atoms with van der Waals surface area (Å²) in [7, 11) is 0. The first-order valence-electron chi connectivity index (χ1n) is 7.23. The highest BCUT2D eigenvalue weighted by Gasteiger charge is 2.20. The third-order valence-corrected chi connectivity index (χ3v) is 4.86. The molecule has 2 aromatic rings. The Morgan fingerprint density at radius 1 is 1.52 bits per heavy atom. The summed E-state index contributed by atoms with van der Waals surface area (Å²) in [4.78, 5) is 12.3. The monoisotopic (exact) mass is 349 g/mol. The van der Waals surface area contributed by atoms with Gasteiger partial charge in [0.1, 0.15) is 5.75 Å². The summed E-state index contributed by atoms with van der Waals surface area (Å²) in [6, 6.07) is 7.64. The van der Waals surface area contributed by atoms with Crippen molar-refractivity contribution in [2.24, 2.45) is 0 Å². The number of hydrogen-bond donors (Lipinski definition) is 1. The minimum Gasteiger partial charge on any atom is -0.481 e. The molecule has 0 fully saturated rings. The molecular weight excluding hydrogens is 330 g/mol. The first kappa shape index (κ1) is 17.5. The van der Waals surface area contributed by atoms with Crippen LogP contribution in [-0.2, 0) is 4.79 Å². The van der Waals surface area contributed by atoms with E-state index < -0.39 is 6.10 Å². The molecule has 23 heavy (non-hydrogen) atoms. The van der Waals surface area contributed by atoms with Gasteiger partial charge in [0.15, 0.2) is 10.4 Å². The smallest absolute Gasteiger partial charge is 0.267 e. The van der Waals surface area contributed by atoms with Crippen molar-refractivity contribution >= 4 is 34.1 Å². The van der Waals surface area contributed by atoms with E-state index in [1.54, 1.807) is 6.08 Å². The van der Waals surface area contributed by atoms with E-state index in [2.05, 4.69) is 22.1 Å². The van der Waals surface area contributed by atoms with E-state index in [0.29, 0.717) is 17.3 Å². The Bertz CT molecular complexity index is 673. The van der Waals surface area contributed by atoms with Gasteiger partial charge in [-0.05, 0) is 31.0 Å². The summed E-state index contributed by atoms with van der Waals surface area (Å²) in [6.45, 7) is 7.55. The molecule has 0 aliphatic heterocycles. The molecule has 0 saturated carbocycles. The molecule has 2 rings (SSSR count). The van der Waals surface area contributed by atoms with Crippen LogP contribution in [0.25, 0.3) is 0 Å². The van der Waals surface area contributed by atoms with Crippen molar-refractivity contribution in [3.63, 3.8) is 0 Å². The molecule has 7 heteroatoms. The Kier molecular flexibility index (Phi) is 6.61. The second kappa shape index (κ2) is 8.69. The molecule has 0 unspecified atom stereocenters. The van der Waals surface area contributed by atoms with Crippen LogP contribution in [0.1, 0.15) is 18.9 Å². The fraction of sp³-hybridized carbons (Fsp3) is 0.312. The van der Waals surface area contributed by atoms with Gasteiger partial charge in [0.2, 0.25) is 5.13 Å².